The van der Waals surface area contributed by atoms with E-state index in [2.05, 4.69) is 15.3 Å². The molecular weight excluding hydrogens is 411 g/mol. The molecule has 4 rings (SSSR count). The van der Waals surface area contributed by atoms with Gasteiger partial charge in [0.05, 0.1) is 23.8 Å². The average molecular weight is 436 g/mol. The molecule has 8 heteroatoms. The molecule has 0 unspecified atom stereocenters. The molecule has 0 spiro atoms. The van der Waals surface area contributed by atoms with Crippen molar-refractivity contribution in [3.05, 3.63) is 82.0 Å². The number of rotatable bonds is 7. The molecule has 2 heterocycles. The molecule has 0 fully saturated rings. The van der Waals surface area contributed by atoms with Crippen LogP contribution in [0, 0.1) is 6.92 Å². The lowest BCUT2D eigenvalue weighted by atomic mass is 10.1. The van der Waals surface area contributed by atoms with Crippen LogP contribution in [0.25, 0.3) is 0 Å². The van der Waals surface area contributed by atoms with Crippen LogP contribution in [-0.2, 0) is 19.8 Å². The fourth-order valence-electron chi connectivity index (χ4n) is 4.09. The van der Waals surface area contributed by atoms with E-state index in [1.165, 1.54) is 12.1 Å². The maximum absolute atomic E-state index is 13.2. The van der Waals surface area contributed by atoms with Crippen LogP contribution in [0.1, 0.15) is 56.1 Å². The molecule has 1 amide bonds. The zero-order chi connectivity index (χ0) is 22.8. The topological polar surface area (TPSA) is 87.5 Å². The van der Waals surface area contributed by atoms with Crippen molar-refractivity contribution < 1.29 is 19.1 Å². The maximum Gasteiger partial charge on any atom is 0.335 e. The minimum absolute atomic E-state index is 0.199. The van der Waals surface area contributed by atoms with Crippen molar-refractivity contribution in [3.63, 3.8) is 0 Å². The van der Waals surface area contributed by atoms with E-state index in [0.717, 1.165) is 23.5 Å². The minimum Gasteiger partial charge on any atom is -0.478 e. The number of aromatic nitrogens is 2. The molecule has 2 N–H and O–H groups in total. The summed E-state index contributed by atoms with van der Waals surface area (Å²) in [6.45, 7) is 5.12. The number of carboxylic acid groups (broad SMARTS) is 1. The number of fused-ring (bicyclic) bond motifs is 1. The second-order valence-electron chi connectivity index (χ2n) is 8.00. The van der Waals surface area contributed by atoms with Gasteiger partial charge < -0.3 is 15.3 Å². The van der Waals surface area contributed by atoms with E-state index in [1.807, 2.05) is 36.7 Å². The van der Waals surface area contributed by atoms with Crippen LogP contribution in [0.15, 0.2) is 48.5 Å². The number of hydrogen-bond acceptors (Lipinski definition) is 4. The molecular formula is C24H25FN4O3. The summed E-state index contributed by atoms with van der Waals surface area (Å²) in [5, 5.41) is 16.6. The van der Waals surface area contributed by atoms with Crippen molar-refractivity contribution in [2.45, 2.75) is 39.7 Å². The number of carboxylic acids is 1. The van der Waals surface area contributed by atoms with Gasteiger partial charge in [0.25, 0.3) is 5.91 Å². The van der Waals surface area contributed by atoms with E-state index in [-0.39, 0.29) is 17.5 Å². The molecule has 2 aromatic carbocycles. The van der Waals surface area contributed by atoms with Crippen molar-refractivity contribution in [2.75, 3.05) is 11.4 Å². The Bertz CT molecular complexity index is 1160. The normalized spacial score (nSPS) is 13.7. The Labute approximate surface area is 185 Å². The Hall–Kier alpha value is -3.68. The number of nitrogens with zero attached hydrogens (tertiary/aromatic N) is 3. The molecule has 0 radical (unpaired) electrons. The monoisotopic (exact) mass is 436 g/mol. The Morgan fingerprint density at radius 2 is 1.88 bits per heavy atom. The number of carbonyl (C=O) groups excluding carboxylic acids is 1. The van der Waals surface area contributed by atoms with Crippen LogP contribution in [-0.4, -0.2) is 33.3 Å². The summed E-state index contributed by atoms with van der Waals surface area (Å²) in [6.07, 6.45) is 0. The maximum atomic E-state index is 13.2. The average Bonchev–Trinajstić information content (AvgIpc) is 3.31. The fraction of sp³-hybridized carbons (Fsp3) is 0.292. The number of hydrogen-bond donors (Lipinski definition) is 2. The van der Waals surface area contributed by atoms with E-state index in [9.17, 15) is 14.0 Å². The molecule has 1 aromatic heterocycles. The van der Waals surface area contributed by atoms with Gasteiger partial charge in [-0.3, -0.25) is 4.79 Å². The number of aromatic carboxylic acids is 1. The Balaban J connectivity index is 1.54. The van der Waals surface area contributed by atoms with Crippen LogP contribution in [0.5, 0.6) is 0 Å². The Morgan fingerprint density at radius 3 is 2.56 bits per heavy atom. The quantitative estimate of drug-likeness (QED) is 0.587. The highest BCUT2D eigenvalue weighted by Crippen LogP contribution is 2.30. The third-order valence-corrected chi connectivity index (χ3v) is 5.73. The molecule has 7 nitrogen and oxygen atoms in total. The first-order chi connectivity index (χ1) is 15.4. The predicted molar refractivity (Wildman–Crippen MR) is 119 cm³/mol. The number of carbonyl (C=O) groups is 2. The van der Waals surface area contributed by atoms with E-state index in [1.54, 1.807) is 18.2 Å². The van der Waals surface area contributed by atoms with Crippen molar-refractivity contribution in [1.82, 2.24) is 15.1 Å². The minimum atomic E-state index is -0.989. The summed E-state index contributed by atoms with van der Waals surface area (Å²) in [5.41, 5.74) is 3.79. The highest BCUT2D eigenvalue weighted by molar-refractivity contribution is 6.00. The van der Waals surface area contributed by atoms with Gasteiger partial charge in [0.1, 0.15) is 18.1 Å². The first-order valence-electron chi connectivity index (χ1n) is 10.5. The van der Waals surface area contributed by atoms with Crippen LogP contribution in [0.2, 0.25) is 0 Å². The highest BCUT2D eigenvalue weighted by Gasteiger charge is 2.30. The summed E-state index contributed by atoms with van der Waals surface area (Å²) in [6, 6.07) is 13.5. The second kappa shape index (κ2) is 8.82. The third kappa shape index (κ3) is 4.21. The standard InChI is InChI=1S/C24H25FN4O3/c1-15(19-6-8-20(9-7-19)24(31)32)26-22(30)21-16(2)27-29-11-10-28(23(21)29)14-18-5-3-4-17(12-18)13-25/h3-9,12,15H,10-11,13-14H2,1-2H3,(H,26,30)(H,31,32)/t15-/m0/s1. The molecule has 0 saturated carbocycles. The lowest BCUT2D eigenvalue weighted by Crippen LogP contribution is -2.29. The Kier molecular flexibility index (Phi) is 5.94. The van der Waals surface area contributed by atoms with E-state index >= 15 is 0 Å². The van der Waals surface area contributed by atoms with Crippen molar-refractivity contribution in [3.8, 4) is 0 Å². The van der Waals surface area contributed by atoms with Gasteiger partial charge in [0.15, 0.2) is 0 Å². The summed E-state index contributed by atoms with van der Waals surface area (Å²) < 4.78 is 14.9. The number of anilines is 1. The fourth-order valence-corrected chi connectivity index (χ4v) is 4.09. The SMILES string of the molecule is Cc1nn2c(c1C(=O)N[C@@H](C)c1ccc(C(=O)O)cc1)N(Cc1cccc(CF)c1)CC2. The van der Waals surface area contributed by atoms with Crippen LogP contribution >= 0.6 is 0 Å². The van der Waals surface area contributed by atoms with E-state index < -0.39 is 12.6 Å². The van der Waals surface area contributed by atoms with Crippen LogP contribution in [0.4, 0.5) is 10.2 Å². The number of aryl methyl sites for hydroxylation is 1. The van der Waals surface area contributed by atoms with Gasteiger partial charge in [-0.2, -0.15) is 5.10 Å². The number of benzene rings is 2. The summed E-state index contributed by atoms with van der Waals surface area (Å²) in [4.78, 5) is 26.4. The molecule has 0 bridgehead atoms. The summed E-state index contributed by atoms with van der Waals surface area (Å²) in [5.74, 6) is -0.460. The molecule has 0 aliphatic carbocycles. The lowest BCUT2D eigenvalue weighted by molar-refractivity contribution is 0.0696. The molecule has 1 aliphatic heterocycles. The van der Waals surface area contributed by atoms with Gasteiger partial charge in [-0.15, -0.1) is 0 Å². The zero-order valence-corrected chi connectivity index (χ0v) is 18.0. The highest BCUT2D eigenvalue weighted by atomic mass is 19.1. The van der Waals surface area contributed by atoms with E-state index in [0.29, 0.717) is 29.9 Å². The number of amides is 1. The van der Waals surface area contributed by atoms with Gasteiger partial charge in [-0.1, -0.05) is 36.4 Å². The molecule has 3 aromatic rings. The number of nitrogens with one attached hydrogen (secondary N) is 1. The number of halogens is 1. The lowest BCUT2D eigenvalue weighted by Gasteiger charge is -2.20. The molecule has 1 atom stereocenters. The van der Waals surface area contributed by atoms with Crippen LogP contribution < -0.4 is 10.2 Å². The molecule has 1 aliphatic rings. The van der Waals surface area contributed by atoms with Gasteiger partial charge in [0.2, 0.25) is 0 Å². The first kappa shape index (κ1) is 21.5. The van der Waals surface area contributed by atoms with Gasteiger partial charge in [0, 0.05) is 13.1 Å². The summed E-state index contributed by atoms with van der Waals surface area (Å²) in [7, 11) is 0. The predicted octanol–water partition coefficient (Wildman–Crippen LogP) is 3.87. The van der Waals surface area contributed by atoms with Gasteiger partial charge in [-0.05, 0) is 42.7 Å². The largest absolute Gasteiger partial charge is 0.478 e. The van der Waals surface area contributed by atoms with Crippen LogP contribution in [0.3, 0.4) is 0 Å². The Morgan fingerprint density at radius 1 is 1.16 bits per heavy atom. The molecule has 166 valence electrons. The zero-order valence-electron chi connectivity index (χ0n) is 18.0. The first-order valence-corrected chi connectivity index (χ1v) is 10.5. The second-order valence-corrected chi connectivity index (χ2v) is 8.00. The van der Waals surface area contributed by atoms with Gasteiger partial charge in [-0.25, -0.2) is 13.9 Å². The smallest absolute Gasteiger partial charge is 0.335 e. The van der Waals surface area contributed by atoms with Gasteiger partial charge >= 0.3 is 5.97 Å². The number of alkyl halides is 1. The van der Waals surface area contributed by atoms with Crippen molar-refractivity contribution in [1.29, 1.82) is 0 Å². The third-order valence-electron chi connectivity index (χ3n) is 5.73. The molecule has 0 saturated heterocycles. The van der Waals surface area contributed by atoms with Crippen molar-refractivity contribution in [2.24, 2.45) is 0 Å². The summed E-state index contributed by atoms with van der Waals surface area (Å²) >= 11 is 0. The molecule has 32 heavy (non-hydrogen) atoms. The van der Waals surface area contributed by atoms with Crippen molar-refractivity contribution >= 4 is 17.7 Å². The van der Waals surface area contributed by atoms with E-state index in [4.69, 9.17) is 5.11 Å².